The van der Waals surface area contributed by atoms with Crippen LogP contribution in [0.2, 0.25) is 0 Å². The molecule has 0 fully saturated rings. The van der Waals surface area contributed by atoms with Gasteiger partial charge >= 0.3 is 0 Å². The molecule has 1 amide bonds. The molecule has 11 heteroatoms. The summed E-state index contributed by atoms with van der Waals surface area (Å²) in [5.74, 6) is 0.435. The Morgan fingerprint density at radius 2 is 1.85 bits per heavy atom. The van der Waals surface area contributed by atoms with E-state index in [0.29, 0.717) is 39.5 Å². The van der Waals surface area contributed by atoms with Crippen molar-refractivity contribution in [2.75, 3.05) is 13.9 Å². The van der Waals surface area contributed by atoms with E-state index in [4.69, 9.17) is 14.2 Å². The van der Waals surface area contributed by atoms with E-state index in [0.717, 1.165) is 4.31 Å². The fraction of sp³-hybridized carbons (Fsp3) is 0.409. The number of hydrogen-bond donors (Lipinski definition) is 3. The second kappa shape index (κ2) is 9.56. The van der Waals surface area contributed by atoms with Crippen LogP contribution >= 0.6 is 0 Å². The quantitative estimate of drug-likeness (QED) is 0.385. The molecule has 1 aliphatic rings. The maximum Gasteiger partial charge on any atom is 0.264 e. The second-order valence-corrected chi connectivity index (χ2v) is 9.70. The molecule has 3 rings (SSSR count). The first-order valence-corrected chi connectivity index (χ1v) is 11.6. The zero-order valence-corrected chi connectivity index (χ0v) is 19.9. The summed E-state index contributed by atoms with van der Waals surface area (Å²) in [6.07, 6.45) is -1.43. The van der Waals surface area contributed by atoms with Gasteiger partial charge in [-0.05, 0) is 68.1 Å². The summed E-state index contributed by atoms with van der Waals surface area (Å²) in [5.41, 5.74) is 3.47. The smallest absolute Gasteiger partial charge is 0.264 e. The van der Waals surface area contributed by atoms with Gasteiger partial charge in [0, 0.05) is 6.54 Å². The molecule has 33 heavy (non-hydrogen) atoms. The molecular weight excluding hydrogens is 452 g/mol. The lowest BCUT2D eigenvalue weighted by Gasteiger charge is -2.32. The van der Waals surface area contributed by atoms with Gasteiger partial charge in [0.25, 0.3) is 5.91 Å². The number of amides is 1. The third-order valence-electron chi connectivity index (χ3n) is 5.69. The number of hydroxylamine groups is 1. The van der Waals surface area contributed by atoms with Crippen molar-refractivity contribution in [3.8, 4) is 17.2 Å². The second-order valence-electron chi connectivity index (χ2n) is 7.87. The fourth-order valence-electron chi connectivity index (χ4n) is 3.96. The lowest BCUT2D eigenvalue weighted by atomic mass is 10.1. The summed E-state index contributed by atoms with van der Waals surface area (Å²) in [6.45, 7) is 6.08. The number of aryl methyl sites for hydroxylation is 1. The highest BCUT2D eigenvalue weighted by molar-refractivity contribution is 7.89. The SMILES string of the molecule is COc1cc(C)c(S(=O)(=O)N(Cc2ccc3c(c2)OCO3)C(C(=O)NO)C(C)O)c(C)c1C. The van der Waals surface area contributed by atoms with E-state index in [1.54, 1.807) is 45.0 Å². The van der Waals surface area contributed by atoms with Crippen LogP contribution < -0.4 is 19.7 Å². The number of methoxy groups -OCH3 is 1. The van der Waals surface area contributed by atoms with Crippen LogP contribution in [0, 0.1) is 20.8 Å². The predicted molar refractivity (Wildman–Crippen MR) is 118 cm³/mol. The summed E-state index contributed by atoms with van der Waals surface area (Å²) >= 11 is 0. The van der Waals surface area contributed by atoms with E-state index in [1.165, 1.54) is 19.5 Å². The molecule has 10 nitrogen and oxygen atoms in total. The Morgan fingerprint density at radius 1 is 1.18 bits per heavy atom. The van der Waals surface area contributed by atoms with E-state index in [2.05, 4.69) is 0 Å². The maximum atomic E-state index is 14.0. The van der Waals surface area contributed by atoms with Gasteiger partial charge in [0.05, 0.1) is 18.1 Å². The number of carbonyl (C=O) groups is 1. The summed E-state index contributed by atoms with van der Waals surface area (Å²) in [6, 6.07) is 4.90. The number of nitrogens with one attached hydrogen (secondary N) is 1. The van der Waals surface area contributed by atoms with Crippen LogP contribution in [0.4, 0.5) is 0 Å². The highest BCUT2D eigenvalue weighted by Crippen LogP contribution is 2.36. The minimum Gasteiger partial charge on any atom is -0.496 e. The van der Waals surface area contributed by atoms with Gasteiger partial charge in [0.1, 0.15) is 11.8 Å². The van der Waals surface area contributed by atoms with Gasteiger partial charge in [0.15, 0.2) is 11.5 Å². The Bertz CT molecular complexity index is 1160. The van der Waals surface area contributed by atoms with Crippen molar-refractivity contribution in [3.63, 3.8) is 0 Å². The summed E-state index contributed by atoms with van der Waals surface area (Å²) in [7, 11) is -2.85. The number of rotatable bonds is 8. The highest BCUT2D eigenvalue weighted by atomic mass is 32.2. The Labute approximate surface area is 192 Å². The molecule has 2 aromatic carbocycles. The van der Waals surface area contributed by atoms with Crippen LogP contribution in [0.25, 0.3) is 0 Å². The highest BCUT2D eigenvalue weighted by Gasteiger charge is 2.40. The molecule has 2 aromatic rings. The van der Waals surface area contributed by atoms with Crippen molar-refractivity contribution < 1.29 is 37.7 Å². The Morgan fingerprint density at radius 3 is 2.45 bits per heavy atom. The number of nitrogens with zero attached hydrogens (tertiary/aromatic N) is 1. The molecule has 0 aliphatic carbocycles. The largest absolute Gasteiger partial charge is 0.496 e. The lowest BCUT2D eigenvalue weighted by molar-refractivity contribution is -0.136. The monoisotopic (exact) mass is 480 g/mol. The van der Waals surface area contributed by atoms with E-state index in [9.17, 15) is 23.5 Å². The first kappa shape index (κ1) is 24.8. The van der Waals surface area contributed by atoms with Crippen LogP contribution in [-0.4, -0.2) is 55.0 Å². The summed E-state index contributed by atoms with van der Waals surface area (Å²) in [5, 5.41) is 19.6. The molecular formula is C22H28N2O8S. The minimum absolute atomic E-state index is 0.00191. The van der Waals surface area contributed by atoms with Gasteiger partial charge in [-0.2, -0.15) is 4.31 Å². The molecule has 0 radical (unpaired) electrons. The minimum atomic E-state index is -4.35. The third-order valence-corrected chi connectivity index (χ3v) is 7.80. The van der Waals surface area contributed by atoms with Crippen LogP contribution in [0.15, 0.2) is 29.2 Å². The standard InChI is InChI=1S/C22H28N2O8S/c1-12-8-18(30-5)13(2)14(3)21(12)33(28,29)24(20(15(4)25)22(26)23-27)10-16-6-7-17-19(9-16)32-11-31-17/h6-9,15,20,25,27H,10-11H2,1-5H3,(H,23,26). The van der Waals surface area contributed by atoms with E-state index in [-0.39, 0.29) is 18.2 Å². The van der Waals surface area contributed by atoms with Gasteiger partial charge in [-0.3, -0.25) is 10.0 Å². The first-order valence-electron chi connectivity index (χ1n) is 10.2. The molecule has 0 bridgehead atoms. The maximum absolute atomic E-state index is 14.0. The molecule has 2 unspecified atom stereocenters. The molecule has 1 heterocycles. The molecule has 180 valence electrons. The molecule has 0 aromatic heterocycles. The van der Waals surface area contributed by atoms with E-state index >= 15 is 0 Å². The number of sulfonamides is 1. The Kier molecular flexibility index (Phi) is 7.17. The lowest BCUT2D eigenvalue weighted by Crippen LogP contribution is -2.54. The van der Waals surface area contributed by atoms with Gasteiger partial charge in [-0.15, -0.1) is 0 Å². The summed E-state index contributed by atoms with van der Waals surface area (Å²) < 4.78 is 44.9. The molecule has 1 aliphatic heterocycles. The number of carbonyl (C=O) groups excluding carboxylic acids is 1. The van der Waals surface area contributed by atoms with Crippen molar-refractivity contribution in [1.29, 1.82) is 0 Å². The topological polar surface area (TPSA) is 135 Å². The molecule has 3 N–H and O–H groups in total. The summed E-state index contributed by atoms with van der Waals surface area (Å²) in [4.78, 5) is 12.5. The van der Waals surface area contributed by atoms with Crippen molar-refractivity contribution >= 4 is 15.9 Å². The number of hydrogen-bond acceptors (Lipinski definition) is 8. The van der Waals surface area contributed by atoms with Gasteiger partial charge in [0.2, 0.25) is 16.8 Å². The van der Waals surface area contributed by atoms with Crippen molar-refractivity contribution in [1.82, 2.24) is 9.79 Å². The first-order chi connectivity index (χ1) is 15.5. The van der Waals surface area contributed by atoms with Crippen molar-refractivity contribution in [2.45, 2.75) is 51.3 Å². The average molecular weight is 481 g/mol. The molecule has 2 atom stereocenters. The van der Waals surface area contributed by atoms with Gasteiger partial charge < -0.3 is 19.3 Å². The van der Waals surface area contributed by atoms with Crippen LogP contribution in [0.5, 0.6) is 17.2 Å². The number of aliphatic hydroxyl groups is 1. The molecule has 0 spiro atoms. The average Bonchev–Trinajstić information content (AvgIpc) is 3.23. The Hall–Kier alpha value is -2.86. The van der Waals surface area contributed by atoms with Gasteiger partial charge in [-0.25, -0.2) is 13.9 Å². The molecule has 0 saturated carbocycles. The van der Waals surface area contributed by atoms with Crippen LogP contribution in [0.3, 0.4) is 0 Å². The number of benzene rings is 2. The number of aliphatic hydroxyl groups excluding tert-OH is 1. The van der Waals surface area contributed by atoms with Crippen LogP contribution in [0.1, 0.15) is 29.2 Å². The van der Waals surface area contributed by atoms with Crippen LogP contribution in [-0.2, 0) is 21.4 Å². The van der Waals surface area contributed by atoms with Gasteiger partial charge in [-0.1, -0.05) is 6.07 Å². The zero-order chi connectivity index (χ0) is 24.5. The third kappa shape index (κ3) is 4.62. The van der Waals surface area contributed by atoms with E-state index in [1.807, 2.05) is 0 Å². The zero-order valence-electron chi connectivity index (χ0n) is 19.1. The van der Waals surface area contributed by atoms with E-state index < -0.39 is 28.1 Å². The Balaban J connectivity index is 2.18. The predicted octanol–water partition coefficient (Wildman–Crippen LogP) is 1.79. The van der Waals surface area contributed by atoms with Crippen molar-refractivity contribution in [3.05, 3.63) is 46.5 Å². The molecule has 0 saturated heterocycles. The number of fused-ring (bicyclic) bond motifs is 1. The normalized spacial score (nSPS) is 14.8. The van der Waals surface area contributed by atoms with Crippen molar-refractivity contribution in [2.24, 2.45) is 0 Å². The number of ether oxygens (including phenoxy) is 3. The fourth-order valence-corrected chi connectivity index (χ4v) is 6.09.